The lowest BCUT2D eigenvalue weighted by Gasteiger charge is -2.29. The number of halogens is 2. The maximum atomic E-state index is 12.1. The van der Waals surface area contributed by atoms with Crippen molar-refractivity contribution in [1.29, 1.82) is 0 Å². The highest BCUT2D eigenvalue weighted by molar-refractivity contribution is 7.89. The van der Waals surface area contributed by atoms with Crippen LogP contribution in [0.3, 0.4) is 0 Å². The minimum Gasteiger partial charge on any atom is -0.326 e. The molecule has 3 N–H and O–H groups in total. The van der Waals surface area contributed by atoms with Crippen molar-refractivity contribution in [3.63, 3.8) is 0 Å². The van der Waals surface area contributed by atoms with Gasteiger partial charge in [0.25, 0.3) is 0 Å². The first-order valence-electron chi connectivity index (χ1n) is 6.02. The summed E-state index contributed by atoms with van der Waals surface area (Å²) in [7, 11) is -3.50. The molecule has 4 nitrogen and oxygen atoms in total. The lowest BCUT2D eigenvalue weighted by molar-refractivity contribution is 0.361. The summed E-state index contributed by atoms with van der Waals surface area (Å²) in [5, 5.41) is 0.517. The summed E-state index contributed by atoms with van der Waals surface area (Å²) in [4.78, 5) is 0.227. The normalized spacial score (nSPS) is 23.7. The van der Waals surface area contributed by atoms with Gasteiger partial charge in [0.2, 0.25) is 10.0 Å². The zero-order valence-electron chi connectivity index (χ0n) is 10.4. The molecule has 2 rings (SSSR count). The molecule has 0 aromatic heterocycles. The van der Waals surface area contributed by atoms with Crippen LogP contribution in [0.5, 0.6) is 0 Å². The van der Waals surface area contributed by atoms with Gasteiger partial charge in [-0.25, -0.2) is 13.1 Å². The van der Waals surface area contributed by atoms with Crippen LogP contribution < -0.4 is 10.5 Å². The van der Waals surface area contributed by atoms with Crippen molar-refractivity contribution in [2.24, 2.45) is 5.73 Å². The molecule has 0 unspecified atom stereocenters. The molecule has 2 atom stereocenters. The summed E-state index contributed by atoms with van der Waals surface area (Å²) in [6.45, 7) is 0. The van der Waals surface area contributed by atoms with E-state index in [1.54, 1.807) is 12.1 Å². The second-order valence-corrected chi connectivity index (χ2v) is 6.78. The number of nitrogens with one attached hydrogen (secondary N) is 1. The summed E-state index contributed by atoms with van der Waals surface area (Å²) < 4.78 is 27.0. The van der Waals surface area contributed by atoms with Crippen LogP contribution in [-0.4, -0.2) is 20.5 Å². The van der Waals surface area contributed by atoms with Crippen LogP contribution >= 0.6 is 24.0 Å². The summed E-state index contributed by atoms with van der Waals surface area (Å²) in [5.41, 5.74) is 5.94. The third kappa shape index (κ3) is 4.33. The van der Waals surface area contributed by atoms with Crippen LogP contribution in [0.25, 0.3) is 0 Å². The highest BCUT2D eigenvalue weighted by Gasteiger charge is 2.26. The molecule has 0 saturated heterocycles. The minimum atomic E-state index is -3.50. The number of rotatable bonds is 3. The fraction of sp³-hybridized carbons (Fsp3) is 0.500. The van der Waals surface area contributed by atoms with E-state index in [0.29, 0.717) is 5.02 Å². The van der Waals surface area contributed by atoms with Gasteiger partial charge in [-0.1, -0.05) is 24.4 Å². The Balaban J connectivity index is 0.00000180. The van der Waals surface area contributed by atoms with Gasteiger partial charge in [-0.3, -0.25) is 0 Å². The molecule has 108 valence electrons. The molecule has 19 heavy (non-hydrogen) atoms. The van der Waals surface area contributed by atoms with Gasteiger partial charge in [0.05, 0.1) is 4.90 Å². The van der Waals surface area contributed by atoms with E-state index in [0.717, 1.165) is 25.7 Å². The SMILES string of the molecule is Cl.N[C@@H]1CCCC[C@H]1NS(=O)(=O)c1ccc(Cl)cc1. The smallest absolute Gasteiger partial charge is 0.240 e. The van der Waals surface area contributed by atoms with Gasteiger partial charge in [-0.2, -0.15) is 0 Å². The molecule has 1 aromatic rings. The maximum absolute atomic E-state index is 12.1. The maximum Gasteiger partial charge on any atom is 0.240 e. The van der Waals surface area contributed by atoms with Crippen molar-refractivity contribution < 1.29 is 8.42 Å². The van der Waals surface area contributed by atoms with Crippen molar-refractivity contribution >= 4 is 34.0 Å². The Hall–Kier alpha value is -0.330. The molecule has 0 heterocycles. The molecular formula is C12H18Cl2N2O2S. The number of sulfonamides is 1. The molecule has 1 aliphatic rings. The zero-order valence-corrected chi connectivity index (χ0v) is 12.8. The van der Waals surface area contributed by atoms with Gasteiger partial charge in [-0.05, 0) is 37.1 Å². The molecule has 1 aromatic carbocycles. The van der Waals surface area contributed by atoms with E-state index in [9.17, 15) is 8.42 Å². The number of hydrogen-bond acceptors (Lipinski definition) is 3. The molecule has 0 aliphatic heterocycles. The topological polar surface area (TPSA) is 72.2 Å². The Bertz CT molecular complexity index is 505. The molecule has 0 spiro atoms. The van der Waals surface area contributed by atoms with Crippen molar-refractivity contribution in [2.75, 3.05) is 0 Å². The monoisotopic (exact) mass is 324 g/mol. The molecule has 0 radical (unpaired) electrons. The first-order chi connectivity index (χ1) is 8.49. The highest BCUT2D eigenvalue weighted by atomic mass is 35.5. The summed E-state index contributed by atoms with van der Waals surface area (Å²) >= 11 is 5.74. The van der Waals surface area contributed by atoms with Crippen LogP contribution in [-0.2, 0) is 10.0 Å². The van der Waals surface area contributed by atoms with Crippen molar-refractivity contribution in [3.8, 4) is 0 Å². The zero-order chi connectivity index (χ0) is 13.2. The van der Waals surface area contributed by atoms with Crippen LogP contribution in [0.4, 0.5) is 0 Å². The number of nitrogens with two attached hydrogens (primary N) is 1. The molecule has 1 saturated carbocycles. The Morgan fingerprint density at radius 1 is 1.16 bits per heavy atom. The highest BCUT2D eigenvalue weighted by Crippen LogP contribution is 2.20. The van der Waals surface area contributed by atoms with E-state index < -0.39 is 10.0 Å². The first-order valence-corrected chi connectivity index (χ1v) is 7.88. The van der Waals surface area contributed by atoms with Gasteiger partial charge in [0, 0.05) is 17.1 Å². The predicted molar refractivity (Wildman–Crippen MR) is 79.3 cm³/mol. The van der Waals surface area contributed by atoms with Crippen LogP contribution in [0.1, 0.15) is 25.7 Å². The predicted octanol–water partition coefficient (Wildman–Crippen LogP) is 2.31. The van der Waals surface area contributed by atoms with E-state index in [2.05, 4.69) is 4.72 Å². The van der Waals surface area contributed by atoms with Gasteiger partial charge < -0.3 is 5.73 Å². The van der Waals surface area contributed by atoms with Gasteiger partial charge in [-0.15, -0.1) is 12.4 Å². The Kier molecular flexibility index (Phi) is 6.08. The van der Waals surface area contributed by atoms with E-state index in [4.69, 9.17) is 17.3 Å². The average Bonchev–Trinajstić information content (AvgIpc) is 2.32. The first kappa shape index (κ1) is 16.7. The van der Waals surface area contributed by atoms with Crippen LogP contribution in [0, 0.1) is 0 Å². The van der Waals surface area contributed by atoms with E-state index in [1.165, 1.54) is 12.1 Å². The molecule has 0 bridgehead atoms. The van der Waals surface area contributed by atoms with Crippen LogP contribution in [0.15, 0.2) is 29.2 Å². The molecule has 1 aliphatic carbocycles. The number of hydrogen-bond donors (Lipinski definition) is 2. The molecule has 1 fully saturated rings. The van der Waals surface area contributed by atoms with E-state index >= 15 is 0 Å². The van der Waals surface area contributed by atoms with Crippen LogP contribution in [0.2, 0.25) is 5.02 Å². The van der Waals surface area contributed by atoms with Gasteiger partial charge >= 0.3 is 0 Å². The second-order valence-electron chi connectivity index (χ2n) is 4.63. The van der Waals surface area contributed by atoms with Crippen molar-refractivity contribution in [3.05, 3.63) is 29.3 Å². The standard InChI is InChI=1S/C12H17ClN2O2S.ClH/c13-9-5-7-10(8-6-9)18(16,17)15-12-4-2-1-3-11(12)14;/h5-8,11-12,15H,1-4,14H2;1H/t11-,12-;/m1./s1. The lowest BCUT2D eigenvalue weighted by atomic mass is 9.92. The summed E-state index contributed by atoms with van der Waals surface area (Å²) in [5.74, 6) is 0. The summed E-state index contributed by atoms with van der Waals surface area (Å²) in [6, 6.07) is 5.87. The van der Waals surface area contributed by atoms with Gasteiger partial charge in [0.1, 0.15) is 0 Å². The Labute approximate surface area is 125 Å². The Morgan fingerprint density at radius 3 is 2.32 bits per heavy atom. The molecule has 7 heteroatoms. The van der Waals surface area contributed by atoms with Gasteiger partial charge in [0.15, 0.2) is 0 Å². The lowest BCUT2D eigenvalue weighted by Crippen LogP contribution is -2.49. The Morgan fingerprint density at radius 2 is 1.74 bits per heavy atom. The van der Waals surface area contributed by atoms with Crippen molar-refractivity contribution in [2.45, 2.75) is 42.7 Å². The second kappa shape index (κ2) is 6.90. The van der Waals surface area contributed by atoms with Crippen molar-refractivity contribution in [1.82, 2.24) is 4.72 Å². The largest absolute Gasteiger partial charge is 0.326 e. The quantitative estimate of drug-likeness (QED) is 0.896. The average molecular weight is 325 g/mol. The fourth-order valence-corrected chi connectivity index (χ4v) is 3.63. The fourth-order valence-electron chi connectivity index (χ4n) is 2.19. The molecular weight excluding hydrogens is 307 g/mol. The number of benzene rings is 1. The van der Waals surface area contributed by atoms with E-state index in [-0.39, 0.29) is 29.4 Å². The minimum absolute atomic E-state index is 0. The van der Waals surface area contributed by atoms with E-state index in [1.807, 2.05) is 0 Å². The summed E-state index contributed by atoms with van der Waals surface area (Å²) in [6.07, 6.45) is 3.75. The third-order valence-electron chi connectivity index (χ3n) is 3.25. The molecule has 0 amide bonds. The third-order valence-corrected chi connectivity index (χ3v) is 5.01.